The van der Waals surface area contributed by atoms with Gasteiger partial charge in [0.05, 0.1) is 26.3 Å². The van der Waals surface area contributed by atoms with Gasteiger partial charge in [0.1, 0.15) is 5.75 Å². The predicted molar refractivity (Wildman–Crippen MR) is 126 cm³/mol. The standard InChI is InChI=1S/C25H31N5O3/c1-28(2)12-22(32)30-15-25(16-30)14-29(11-17-5-4-8-26-10-17)21(13-31)24-23(25)19-7-6-18(33-3)9-20(19)27-24/h4-10,21,27,31H,11-16H2,1-3H3/t21-/m1/s1. The summed E-state index contributed by atoms with van der Waals surface area (Å²) in [5.74, 6) is 0.941. The van der Waals surface area contributed by atoms with Crippen LogP contribution in [0.1, 0.15) is 22.9 Å². The Balaban J connectivity index is 1.56. The third kappa shape index (κ3) is 3.78. The largest absolute Gasteiger partial charge is 0.497 e. The lowest BCUT2D eigenvalue weighted by Gasteiger charge is -2.56. The Labute approximate surface area is 193 Å². The molecule has 3 aromatic rings. The molecule has 2 aliphatic rings. The number of H-pyrrole nitrogens is 1. The highest BCUT2D eigenvalue weighted by Crippen LogP contribution is 2.48. The van der Waals surface area contributed by atoms with Gasteiger partial charge < -0.3 is 24.6 Å². The van der Waals surface area contributed by atoms with Gasteiger partial charge in [0.15, 0.2) is 0 Å². The fourth-order valence-corrected chi connectivity index (χ4v) is 5.49. The van der Waals surface area contributed by atoms with Crippen molar-refractivity contribution in [2.45, 2.75) is 18.0 Å². The van der Waals surface area contributed by atoms with Crippen LogP contribution in [-0.4, -0.2) is 89.7 Å². The van der Waals surface area contributed by atoms with E-state index < -0.39 is 0 Å². The highest BCUT2D eigenvalue weighted by atomic mass is 16.5. The molecule has 2 N–H and O–H groups in total. The molecule has 2 aliphatic heterocycles. The van der Waals surface area contributed by atoms with E-state index in [1.807, 2.05) is 48.3 Å². The molecule has 0 aliphatic carbocycles. The van der Waals surface area contributed by atoms with Crippen LogP contribution < -0.4 is 4.74 Å². The van der Waals surface area contributed by atoms with Crippen molar-refractivity contribution >= 4 is 16.8 Å². The molecule has 8 heteroatoms. The Morgan fingerprint density at radius 2 is 2.12 bits per heavy atom. The maximum absolute atomic E-state index is 12.8. The van der Waals surface area contributed by atoms with Gasteiger partial charge in [-0.3, -0.25) is 14.7 Å². The number of hydrogen-bond donors (Lipinski definition) is 2. The minimum Gasteiger partial charge on any atom is -0.497 e. The summed E-state index contributed by atoms with van der Waals surface area (Å²) in [6.45, 7) is 3.22. The minimum atomic E-state index is -0.183. The Morgan fingerprint density at radius 1 is 1.30 bits per heavy atom. The molecule has 0 bridgehead atoms. The van der Waals surface area contributed by atoms with E-state index >= 15 is 0 Å². The van der Waals surface area contributed by atoms with Crippen LogP contribution in [0.25, 0.3) is 10.9 Å². The fourth-order valence-electron chi connectivity index (χ4n) is 5.49. The number of carbonyl (C=O) groups is 1. The number of hydrogen-bond acceptors (Lipinski definition) is 6. The van der Waals surface area contributed by atoms with Gasteiger partial charge in [-0.2, -0.15) is 0 Å². The van der Waals surface area contributed by atoms with Crippen LogP contribution in [0.2, 0.25) is 0 Å². The predicted octanol–water partition coefficient (Wildman–Crippen LogP) is 1.76. The summed E-state index contributed by atoms with van der Waals surface area (Å²) in [7, 11) is 5.50. The van der Waals surface area contributed by atoms with E-state index in [2.05, 4.69) is 27.0 Å². The van der Waals surface area contributed by atoms with Crippen LogP contribution in [0.15, 0.2) is 42.7 Å². The molecule has 0 unspecified atom stereocenters. The van der Waals surface area contributed by atoms with Gasteiger partial charge >= 0.3 is 0 Å². The van der Waals surface area contributed by atoms with Crippen molar-refractivity contribution in [1.82, 2.24) is 24.7 Å². The average Bonchev–Trinajstić information content (AvgIpc) is 3.16. The molecule has 1 fully saturated rings. The number of rotatable bonds is 6. The molecule has 1 atom stereocenters. The molecule has 1 aromatic carbocycles. The molecule has 174 valence electrons. The van der Waals surface area contributed by atoms with Gasteiger partial charge in [0, 0.05) is 66.7 Å². The molecule has 0 saturated carbocycles. The highest BCUT2D eigenvalue weighted by molar-refractivity contribution is 5.89. The maximum atomic E-state index is 12.8. The van der Waals surface area contributed by atoms with Crippen LogP contribution >= 0.6 is 0 Å². The number of methoxy groups -OCH3 is 1. The second-order valence-electron chi connectivity index (χ2n) is 9.56. The molecule has 1 amide bonds. The first kappa shape index (κ1) is 21.9. The van der Waals surface area contributed by atoms with Gasteiger partial charge in [0.2, 0.25) is 5.91 Å². The van der Waals surface area contributed by atoms with Crippen LogP contribution in [0.5, 0.6) is 5.75 Å². The van der Waals surface area contributed by atoms with Gasteiger partial charge in [-0.05, 0) is 43.4 Å². The number of ether oxygens (including phenoxy) is 1. The van der Waals surface area contributed by atoms with E-state index in [9.17, 15) is 9.90 Å². The fraction of sp³-hybridized carbons (Fsp3) is 0.440. The number of fused-ring (bicyclic) bond motifs is 4. The summed E-state index contributed by atoms with van der Waals surface area (Å²) >= 11 is 0. The third-order valence-corrected chi connectivity index (χ3v) is 6.92. The van der Waals surface area contributed by atoms with Crippen molar-refractivity contribution in [3.05, 3.63) is 59.5 Å². The quantitative estimate of drug-likeness (QED) is 0.597. The summed E-state index contributed by atoms with van der Waals surface area (Å²) in [6.07, 6.45) is 3.65. The Hall–Kier alpha value is -2.94. The molecule has 8 nitrogen and oxygen atoms in total. The number of likely N-dealkylation sites (tertiary alicyclic amines) is 1. The van der Waals surface area contributed by atoms with Crippen LogP contribution in [0, 0.1) is 0 Å². The molecule has 33 heavy (non-hydrogen) atoms. The lowest BCUT2D eigenvalue weighted by atomic mass is 9.68. The number of nitrogens with one attached hydrogen (secondary N) is 1. The number of nitrogens with zero attached hydrogens (tertiary/aromatic N) is 4. The molecule has 5 rings (SSSR count). The first-order valence-electron chi connectivity index (χ1n) is 11.3. The van der Waals surface area contributed by atoms with E-state index in [4.69, 9.17) is 4.74 Å². The average molecular weight is 450 g/mol. The smallest absolute Gasteiger partial charge is 0.236 e. The molecule has 1 spiro atoms. The highest BCUT2D eigenvalue weighted by Gasteiger charge is 2.53. The summed E-state index contributed by atoms with van der Waals surface area (Å²) in [4.78, 5) is 26.8. The number of aliphatic hydroxyl groups is 1. The Kier molecular flexibility index (Phi) is 5.60. The summed E-state index contributed by atoms with van der Waals surface area (Å²) in [5.41, 5.74) is 4.19. The van der Waals surface area contributed by atoms with Crippen molar-refractivity contribution in [1.29, 1.82) is 0 Å². The Bertz CT molecular complexity index is 1150. The zero-order valence-corrected chi connectivity index (χ0v) is 19.4. The maximum Gasteiger partial charge on any atom is 0.236 e. The summed E-state index contributed by atoms with van der Waals surface area (Å²) < 4.78 is 5.44. The third-order valence-electron chi connectivity index (χ3n) is 6.92. The van der Waals surface area contributed by atoms with E-state index in [0.717, 1.165) is 34.5 Å². The van der Waals surface area contributed by atoms with E-state index in [0.29, 0.717) is 26.2 Å². The topological polar surface area (TPSA) is 84.9 Å². The van der Waals surface area contributed by atoms with Crippen molar-refractivity contribution in [3.63, 3.8) is 0 Å². The molecular formula is C25H31N5O3. The van der Waals surface area contributed by atoms with E-state index in [1.54, 1.807) is 13.3 Å². The lowest BCUT2D eigenvalue weighted by Crippen LogP contribution is -2.68. The zero-order valence-electron chi connectivity index (χ0n) is 19.4. The van der Waals surface area contributed by atoms with Crippen molar-refractivity contribution in [2.75, 3.05) is 54.0 Å². The van der Waals surface area contributed by atoms with Crippen molar-refractivity contribution < 1.29 is 14.6 Å². The SMILES string of the molecule is COc1ccc2c3c([nH]c2c1)[C@@H](CO)N(Cc1cccnc1)CC31CN(C(=O)CN(C)C)C1. The number of likely N-dealkylation sites (N-methyl/N-ethyl adjacent to an activating group) is 1. The number of carbonyl (C=O) groups excluding carboxylic acids is 1. The molecule has 4 heterocycles. The van der Waals surface area contributed by atoms with Gasteiger partial charge in [-0.25, -0.2) is 0 Å². The van der Waals surface area contributed by atoms with E-state index in [1.165, 1.54) is 5.56 Å². The lowest BCUT2D eigenvalue weighted by molar-refractivity contribution is -0.141. The molecule has 2 aromatic heterocycles. The van der Waals surface area contributed by atoms with Crippen LogP contribution in [-0.2, 0) is 16.8 Å². The normalized spacial score (nSPS) is 19.7. The monoisotopic (exact) mass is 449 g/mol. The Morgan fingerprint density at radius 3 is 2.79 bits per heavy atom. The zero-order chi connectivity index (χ0) is 23.2. The van der Waals surface area contributed by atoms with Crippen LogP contribution in [0.3, 0.4) is 0 Å². The number of aromatic nitrogens is 2. The number of benzene rings is 1. The summed E-state index contributed by atoms with van der Waals surface area (Å²) in [5, 5.41) is 11.6. The summed E-state index contributed by atoms with van der Waals surface area (Å²) in [6, 6.07) is 9.93. The van der Waals surface area contributed by atoms with Crippen molar-refractivity contribution in [2.24, 2.45) is 0 Å². The number of aromatic amines is 1. The number of pyridine rings is 1. The minimum absolute atomic E-state index is 0.0105. The first-order chi connectivity index (χ1) is 15.9. The molecule has 1 saturated heterocycles. The second kappa shape index (κ2) is 8.44. The van der Waals surface area contributed by atoms with Crippen LogP contribution in [0.4, 0.5) is 0 Å². The van der Waals surface area contributed by atoms with Gasteiger partial charge in [-0.1, -0.05) is 6.07 Å². The van der Waals surface area contributed by atoms with Crippen molar-refractivity contribution in [3.8, 4) is 5.75 Å². The molecular weight excluding hydrogens is 418 g/mol. The van der Waals surface area contributed by atoms with E-state index in [-0.39, 0.29) is 24.0 Å². The number of aliphatic hydroxyl groups excluding tert-OH is 1. The van der Waals surface area contributed by atoms with Gasteiger partial charge in [-0.15, -0.1) is 0 Å². The first-order valence-corrected chi connectivity index (χ1v) is 11.3. The number of amides is 1. The second-order valence-corrected chi connectivity index (χ2v) is 9.56. The van der Waals surface area contributed by atoms with Gasteiger partial charge in [0.25, 0.3) is 0 Å². The molecule has 0 radical (unpaired) electrons.